The Morgan fingerprint density at radius 2 is 1.84 bits per heavy atom. The Balaban J connectivity index is 1.78. The van der Waals surface area contributed by atoms with Crippen molar-refractivity contribution in [2.45, 2.75) is 38.6 Å². The van der Waals surface area contributed by atoms with Gasteiger partial charge in [-0.05, 0) is 50.8 Å². The first-order valence-corrected chi connectivity index (χ1v) is 7.20. The van der Waals surface area contributed by atoms with Crippen molar-refractivity contribution in [3.05, 3.63) is 30.3 Å². The fourth-order valence-corrected chi connectivity index (χ4v) is 2.76. The van der Waals surface area contributed by atoms with E-state index in [1.54, 1.807) is 0 Å². The van der Waals surface area contributed by atoms with Gasteiger partial charge in [-0.1, -0.05) is 25.1 Å². The van der Waals surface area contributed by atoms with Gasteiger partial charge in [-0.15, -0.1) is 0 Å². The van der Waals surface area contributed by atoms with Crippen molar-refractivity contribution in [1.82, 2.24) is 4.90 Å². The summed E-state index contributed by atoms with van der Waals surface area (Å²) < 4.78 is 0. The van der Waals surface area contributed by atoms with E-state index in [9.17, 15) is 4.79 Å². The van der Waals surface area contributed by atoms with Gasteiger partial charge >= 0.3 is 0 Å². The van der Waals surface area contributed by atoms with Gasteiger partial charge in [-0.25, -0.2) is 0 Å². The highest BCUT2D eigenvalue weighted by Crippen LogP contribution is 2.26. The number of hydrogen-bond acceptors (Lipinski definition) is 2. The van der Waals surface area contributed by atoms with Crippen LogP contribution in [0.3, 0.4) is 0 Å². The molecule has 0 unspecified atom stereocenters. The molecule has 1 aromatic rings. The Morgan fingerprint density at radius 1 is 1.21 bits per heavy atom. The van der Waals surface area contributed by atoms with Gasteiger partial charge in [0.2, 0.25) is 5.91 Å². The number of amides is 1. The number of nitrogens with one attached hydrogen (secondary N) is 1. The second kappa shape index (κ2) is 6.71. The molecule has 1 N–H and O–H groups in total. The number of carbonyl (C=O) groups excluding carboxylic acids is 1. The first kappa shape index (κ1) is 14.1. The molecule has 1 aliphatic rings. The minimum Gasteiger partial charge on any atom is -0.325 e. The lowest BCUT2D eigenvalue weighted by molar-refractivity contribution is -0.117. The lowest BCUT2D eigenvalue weighted by atomic mass is 9.87. The summed E-state index contributed by atoms with van der Waals surface area (Å²) >= 11 is 0. The van der Waals surface area contributed by atoms with Crippen molar-refractivity contribution in [2.24, 2.45) is 5.92 Å². The molecule has 0 radical (unpaired) electrons. The number of rotatable bonds is 4. The van der Waals surface area contributed by atoms with Crippen molar-refractivity contribution in [3.8, 4) is 0 Å². The minimum atomic E-state index is 0.0762. The molecule has 0 aromatic heterocycles. The summed E-state index contributed by atoms with van der Waals surface area (Å²) in [6.07, 6.45) is 5.01. The topological polar surface area (TPSA) is 32.3 Å². The van der Waals surface area contributed by atoms with Crippen molar-refractivity contribution in [2.75, 3.05) is 18.9 Å². The standard InChI is InChI=1S/C16H24N2O/c1-13-8-10-15(11-9-13)18(2)12-16(19)17-14-6-4-3-5-7-14/h3-7,13,15H,8-12H2,1-2H3,(H,17,19). The lowest BCUT2D eigenvalue weighted by Gasteiger charge is -2.33. The van der Waals surface area contributed by atoms with Gasteiger partial charge < -0.3 is 5.32 Å². The summed E-state index contributed by atoms with van der Waals surface area (Å²) in [6, 6.07) is 10.2. The van der Waals surface area contributed by atoms with Crippen LogP contribution in [0.15, 0.2) is 30.3 Å². The van der Waals surface area contributed by atoms with Gasteiger partial charge in [0.15, 0.2) is 0 Å². The maximum Gasteiger partial charge on any atom is 0.238 e. The maximum absolute atomic E-state index is 12.0. The molecular formula is C16H24N2O. The van der Waals surface area contributed by atoms with Gasteiger partial charge in [0, 0.05) is 11.7 Å². The normalized spacial score (nSPS) is 23.3. The molecule has 1 aromatic carbocycles. The Hall–Kier alpha value is -1.35. The van der Waals surface area contributed by atoms with E-state index in [1.165, 1.54) is 25.7 Å². The zero-order valence-corrected chi connectivity index (χ0v) is 11.9. The Kier molecular flexibility index (Phi) is 4.97. The van der Waals surface area contributed by atoms with E-state index in [0.29, 0.717) is 12.6 Å². The van der Waals surface area contributed by atoms with E-state index in [4.69, 9.17) is 0 Å². The Labute approximate surface area is 116 Å². The summed E-state index contributed by atoms with van der Waals surface area (Å²) in [6.45, 7) is 2.80. The van der Waals surface area contributed by atoms with E-state index in [0.717, 1.165) is 11.6 Å². The fraction of sp³-hybridized carbons (Fsp3) is 0.562. The van der Waals surface area contributed by atoms with Crippen LogP contribution in [0.4, 0.5) is 5.69 Å². The number of nitrogens with zero attached hydrogens (tertiary/aromatic N) is 1. The zero-order valence-electron chi connectivity index (χ0n) is 11.9. The Bertz CT molecular complexity index is 396. The molecule has 1 fully saturated rings. The van der Waals surface area contributed by atoms with Gasteiger partial charge in [0.05, 0.1) is 6.54 Å². The molecule has 0 spiro atoms. The first-order valence-electron chi connectivity index (χ1n) is 7.20. The van der Waals surface area contributed by atoms with Crippen LogP contribution < -0.4 is 5.32 Å². The third kappa shape index (κ3) is 4.35. The fourth-order valence-electron chi connectivity index (χ4n) is 2.76. The molecule has 3 nitrogen and oxygen atoms in total. The molecule has 0 heterocycles. The molecule has 0 aliphatic heterocycles. The zero-order chi connectivity index (χ0) is 13.7. The highest BCUT2D eigenvalue weighted by Gasteiger charge is 2.22. The van der Waals surface area contributed by atoms with Gasteiger partial charge in [-0.2, -0.15) is 0 Å². The molecular weight excluding hydrogens is 236 g/mol. The molecule has 104 valence electrons. The van der Waals surface area contributed by atoms with Gasteiger partial charge in [0.25, 0.3) is 0 Å². The molecule has 1 aliphatic carbocycles. The van der Waals surface area contributed by atoms with E-state index in [2.05, 4.69) is 24.2 Å². The third-order valence-corrected chi connectivity index (χ3v) is 4.06. The maximum atomic E-state index is 12.0. The minimum absolute atomic E-state index is 0.0762. The van der Waals surface area contributed by atoms with E-state index >= 15 is 0 Å². The monoisotopic (exact) mass is 260 g/mol. The quantitative estimate of drug-likeness (QED) is 0.902. The number of hydrogen-bond donors (Lipinski definition) is 1. The van der Waals surface area contributed by atoms with Crippen molar-refractivity contribution in [3.63, 3.8) is 0 Å². The highest BCUT2D eigenvalue weighted by molar-refractivity contribution is 5.92. The molecule has 1 saturated carbocycles. The number of benzene rings is 1. The van der Waals surface area contributed by atoms with Crippen LogP contribution in [0.2, 0.25) is 0 Å². The van der Waals surface area contributed by atoms with Crippen LogP contribution in [-0.4, -0.2) is 30.4 Å². The summed E-state index contributed by atoms with van der Waals surface area (Å²) in [5.41, 5.74) is 0.873. The number of likely N-dealkylation sites (N-methyl/N-ethyl adjacent to an activating group) is 1. The van der Waals surface area contributed by atoms with Crippen LogP contribution >= 0.6 is 0 Å². The average molecular weight is 260 g/mol. The van der Waals surface area contributed by atoms with E-state index in [1.807, 2.05) is 30.3 Å². The summed E-state index contributed by atoms with van der Waals surface area (Å²) in [4.78, 5) is 14.2. The summed E-state index contributed by atoms with van der Waals surface area (Å²) in [7, 11) is 2.06. The molecule has 1 amide bonds. The number of carbonyl (C=O) groups is 1. The van der Waals surface area contributed by atoms with Crippen LogP contribution in [0, 0.1) is 5.92 Å². The molecule has 2 rings (SSSR count). The van der Waals surface area contributed by atoms with Crippen molar-refractivity contribution in [1.29, 1.82) is 0 Å². The highest BCUT2D eigenvalue weighted by atomic mass is 16.2. The summed E-state index contributed by atoms with van der Waals surface area (Å²) in [5.74, 6) is 0.926. The molecule has 0 saturated heterocycles. The van der Waals surface area contributed by atoms with E-state index in [-0.39, 0.29) is 5.91 Å². The molecule has 19 heavy (non-hydrogen) atoms. The van der Waals surface area contributed by atoms with Crippen LogP contribution in [-0.2, 0) is 4.79 Å². The number of para-hydroxylation sites is 1. The number of anilines is 1. The third-order valence-electron chi connectivity index (χ3n) is 4.06. The predicted molar refractivity (Wildman–Crippen MR) is 79.1 cm³/mol. The lowest BCUT2D eigenvalue weighted by Crippen LogP contribution is -2.39. The smallest absolute Gasteiger partial charge is 0.238 e. The predicted octanol–water partition coefficient (Wildman–Crippen LogP) is 3.14. The first-order chi connectivity index (χ1) is 9.15. The second-order valence-corrected chi connectivity index (χ2v) is 5.74. The molecule has 3 heteroatoms. The van der Waals surface area contributed by atoms with Crippen LogP contribution in [0.1, 0.15) is 32.6 Å². The second-order valence-electron chi connectivity index (χ2n) is 5.74. The van der Waals surface area contributed by atoms with E-state index < -0.39 is 0 Å². The SMILES string of the molecule is CC1CCC(N(C)CC(=O)Nc2ccccc2)CC1. The summed E-state index contributed by atoms with van der Waals surface area (Å²) in [5, 5.41) is 2.94. The van der Waals surface area contributed by atoms with Crippen molar-refractivity contribution < 1.29 is 4.79 Å². The molecule has 0 bridgehead atoms. The average Bonchev–Trinajstić information content (AvgIpc) is 2.40. The van der Waals surface area contributed by atoms with Crippen LogP contribution in [0.25, 0.3) is 0 Å². The van der Waals surface area contributed by atoms with Gasteiger partial charge in [-0.3, -0.25) is 9.69 Å². The van der Waals surface area contributed by atoms with Crippen LogP contribution in [0.5, 0.6) is 0 Å². The molecule has 0 atom stereocenters. The Morgan fingerprint density at radius 3 is 2.47 bits per heavy atom. The largest absolute Gasteiger partial charge is 0.325 e. The van der Waals surface area contributed by atoms with Crippen molar-refractivity contribution >= 4 is 11.6 Å². The van der Waals surface area contributed by atoms with Gasteiger partial charge in [0.1, 0.15) is 0 Å².